The molecular formula is C13H15N3O3. The Balaban J connectivity index is 2.58. The predicted octanol–water partition coefficient (Wildman–Crippen LogP) is 1.51. The Hall–Kier alpha value is -2.21. The van der Waals surface area contributed by atoms with E-state index in [2.05, 4.69) is 15.5 Å². The minimum absolute atomic E-state index is 0.0772. The van der Waals surface area contributed by atoms with E-state index in [4.69, 9.17) is 0 Å². The number of nitrogens with zero attached hydrogens (tertiary/aromatic N) is 2. The van der Waals surface area contributed by atoms with Gasteiger partial charge >= 0.3 is 5.97 Å². The van der Waals surface area contributed by atoms with Crippen LogP contribution in [0.2, 0.25) is 0 Å². The Morgan fingerprint density at radius 1 is 1.37 bits per heavy atom. The summed E-state index contributed by atoms with van der Waals surface area (Å²) in [6, 6.07) is 6.94. The second kappa shape index (κ2) is 5.62. The van der Waals surface area contributed by atoms with E-state index in [0.29, 0.717) is 23.0 Å². The zero-order chi connectivity index (χ0) is 13.8. The maximum absolute atomic E-state index is 11.2. The lowest BCUT2D eigenvalue weighted by Gasteiger charge is -2.18. The fourth-order valence-electron chi connectivity index (χ4n) is 1.83. The lowest BCUT2D eigenvalue weighted by atomic mass is 10.1. The molecule has 1 unspecified atom stereocenters. The Morgan fingerprint density at radius 2 is 2.11 bits per heavy atom. The van der Waals surface area contributed by atoms with Gasteiger partial charge in [-0.2, -0.15) is 0 Å². The maximum Gasteiger partial charge on any atom is 0.358 e. The van der Waals surface area contributed by atoms with Crippen LogP contribution in [0.4, 0.5) is 5.69 Å². The molecule has 2 aromatic rings. The number of rotatable bonds is 5. The molecule has 0 bridgehead atoms. The molecule has 0 aliphatic carbocycles. The van der Waals surface area contributed by atoms with Gasteiger partial charge in [0.25, 0.3) is 0 Å². The highest BCUT2D eigenvalue weighted by molar-refractivity contribution is 6.02. The molecule has 0 saturated carbocycles. The molecule has 0 spiro atoms. The van der Waals surface area contributed by atoms with Crippen LogP contribution in [0.3, 0.4) is 0 Å². The van der Waals surface area contributed by atoms with Crippen LogP contribution in [0.5, 0.6) is 0 Å². The summed E-state index contributed by atoms with van der Waals surface area (Å²) < 4.78 is 0. The van der Waals surface area contributed by atoms with Crippen molar-refractivity contribution in [2.24, 2.45) is 0 Å². The van der Waals surface area contributed by atoms with Crippen LogP contribution in [-0.4, -0.2) is 39.0 Å². The molecule has 3 N–H and O–H groups in total. The molecule has 0 aliphatic heterocycles. The van der Waals surface area contributed by atoms with Gasteiger partial charge in [-0.05, 0) is 12.5 Å². The van der Waals surface area contributed by atoms with Gasteiger partial charge in [0.15, 0.2) is 5.69 Å². The summed E-state index contributed by atoms with van der Waals surface area (Å²) in [6.45, 7) is 1.83. The molecule has 19 heavy (non-hydrogen) atoms. The highest BCUT2D eigenvalue weighted by Crippen LogP contribution is 2.25. The number of aliphatic hydroxyl groups excluding tert-OH is 1. The van der Waals surface area contributed by atoms with Crippen LogP contribution >= 0.6 is 0 Å². The van der Waals surface area contributed by atoms with Crippen molar-refractivity contribution in [2.45, 2.75) is 19.4 Å². The second-order valence-corrected chi connectivity index (χ2v) is 4.18. The lowest BCUT2D eigenvalue weighted by molar-refractivity contribution is 0.0690. The number of hydrogen-bond acceptors (Lipinski definition) is 5. The Kier molecular flexibility index (Phi) is 3.91. The first-order chi connectivity index (χ1) is 9.17. The normalized spacial score (nSPS) is 12.3. The smallest absolute Gasteiger partial charge is 0.358 e. The van der Waals surface area contributed by atoms with Crippen molar-refractivity contribution in [1.29, 1.82) is 0 Å². The first-order valence-electron chi connectivity index (χ1n) is 6.03. The summed E-state index contributed by atoms with van der Waals surface area (Å²) in [5.74, 6) is -1.14. The molecule has 6 heteroatoms. The average Bonchev–Trinajstić information content (AvgIpc) is 2.44. The van der Waals surface area contributed by atoms with Crippen LogP contribution in [0.15, 0.2) is 24.3 Å². The average molecular weight is 261 g/mol. The molecule has 1 heterocycles. The van der Waals surface area contributed by atoms with Gasteiger partial charge in [-0.15, -0.1) is 10.2 Å². The number of carboxylic acid groups (broad SMARTS) is 1. The summed E-state index contributed by atoms with van der Waals surface area (Å²) in [4.78, 5) is 11.2. The quantitative estimate of drug-likeness (QED) is 0.755. The monoisotopic (exact) mass is 261 g/mol. The van der Waals surface area contributed by atoms with Crippen molar-refractivity contribution >= 4 is 22.6 Å². The highest BCUT2D eigenvalue weighted by atomic mass is 16.4. The third-order valence-electron chi connectivity index (χ3n) is 2.93. The Bertz CT molecular complexity index is 597. The van der Waals surface area contributed by atoms with Gasteiger partial charge in [-0.1, -0.05) is 25.1 Å². The minimum atomic E-state index is -1.14. The third kappa shape index (κ3) is 2.63. The molecule has 0 aliphatic rings. The van der Waals surface area contributed by atoms with Crippen molar-refractivity contribution < 1.29 is 15.0 Å². The molecule has 1 aromatic carbocycles. The van der Waals surface area contributed by atoms with Gasteiger partial charge in [-0.25, -0.2) is 4.79 Å². The maximum atomic E-state index is 11.2. The SMILES string of the molecule is CCC(CO)Nc1c(C(=O)O)nnc2ccccc12. The molecule has 0 fully saturated rings. The van der Waals surface area contributed by atoms with Crippen molar-refractivity contribution in [3.8, 4) is 0 Å². The largest absolute Gasteiger partial charge is 0.476 e. The highest BCUT2D eigenvalue weighted by Gasteiger charge is 2.18. The molecule has 6 nitrogen and oxygen atoms in total. The van der Waals surface area contributed by atoms with Gasteiger partial charge in [0, 0.05) is 11.4 Å². The van der Waals surface area contributed by atoms with Crippen LogP contribution in [0, 0.1) is 0 Å². The van der Waals surface area contributed by atoms with E-state index in [1.54, 1.807) is 18.2 Å². The van der Waals surface area contributed by atoms with E-state index in [1.807, 2.05) is 13.0 Å². The number of anilines is 1. The molecule has 1 aromatic heterocycles. The number of nitrogens with one attached hydrogen (secondary N) is 1. The number of hydrogen-bond donors (Lipinski definition) is 3. The topological polar surface area (TPSA) is 95.3 Å². The minimum Gasteiger partial charge on any atom is -0.476 e. The standard InChI is InChI=1S/C13H15N3O3/c1-2-8(7-17)14-11-9-5-3-4-6-10(9)15-16-12(11)13(18)19/h3-6,8,17H,2,7H2,1H3,(H,14,15)(H,18,19). The number of aromatic nitrogens is 2. The van der Waals surface area contributed by atoms with Crippen LogP contribution in [0.1, 0.15) is 23.8 Å². The molecule has 0 amide bonds. The van der Waals surface area contributed by atoms with E-state index in [9.17, 15) is 15.0 Å². The molecular weight excluding hydrogens is 246 g/mol. The van der Waals surface area contributed by atoms with E-state index in [0.717, 1.165) is 0 Å². The van der Waals surface area contributed by atoms with Crippen LogP contribution in [0.25, 0.3) is 10.9 Å². The Labute approximate surface area is 110 Å². The number of fused-ring (bicyclic) bond motifs is 1. The lowest BCUT2D eigenvalue weighted by Crippen LogP contribution is -2.24. The Morgan fingerprint density at radius 3 is 2.74 bits per heavy atom. The van der Waals surface area contributed by atoms with Gasteiger partial charge in [-0.3, -0.25) is 0 Å². The van der Waals surface area contributed by atoms with Crippen molar-refractivity contribution in [2.75, 3.05) is 11.9 Å². The van der Waals surface area contributed by atoms with Gasteiger partial charge in [0.1, 0.15) is 0 Å². The van der Waals surface area contributed by atoms with E-state index in [-0.39, 0.29) is 18.3 Å². The first-order valence-corrected chi connectivity index (χ1v) is 6.03. The van der Waals surface area contributed by atoms with Gasteiger partial charge < -0.3 is 15.5 Å². The second-order valence-electron chi connectivity index (χ2n) is 4.18. The molecule has 2 rings (SSSR count). The van der Waals surface area contributed by atoms with E-state index >= 15 is 0 Å². The van der Waals surface area contributed by atoms with Crippen LogP contribution < -0.4 is 5.32 Å². The number of aliphatic hydroxyl groups is 1. The predicted molar refractivity (Wildman–Crippen MR) is 71.3 cm³/mol. The molecule has 0 saturated heterocycles. The van der Waals surface area contributed by atoms with Crippen LogP contribution in [-0.2, 0) is 0 Å². The van der Waals surface area contributed by atoms with Crippen molar-refractivity contribution in [3.63, 3.8) is 0 Å². The summed E-state index contributed by atoms with van der Waals surface area (Å²) in [5, 5.41) is 29.8. The molecule has 100 valence electrons. The summed E-state index contributed by atoms with van der Waals surface area (Å²) in [5.41, 5.74) is 0.882. The van der Waals surface area contributed by atoms with Gasteiger partial charge in [0.2, 0.25) is 0 Å². The zero-order valence-electron chi connectivity index (χ0n) is 10.5. The third-order valence-corrected chi connectivity index (χ3v) is 2.93. The van der Waals surface area contributed by atoms with Gasteiger partial charge in [0.05, 0.1) is 17.8 Å². The molecule has 0 radical (unpaired) electrons. The first kappa shape index (κ1) is 13.2. The van der Waals surface area contributed by atoms with E-state index in [1.165, 1.54) is 0 Å². The zero-order valence-corrected chi connectivity index (χ0v) is 10.5. The van der Waals surface area contributed by atoms with Crippen molar-refractivity contribution in [1.82, 2.24) is 10.2 Å². The summed E-state index contributed by atoms with van der Waals surface area (Å²) in [6.07, 6.45) is 0.673. The summed E-state index contributed by atoms with van der Waals surface area (Å²) >= 11 is 0. The number of aromatic carboxylic acids is 1. The molecule has 1 atom stereocenters. The summed E-state index contributed by atoms with van der Waals surface area (Å²) in [7, 11) is 0. The number of carboxylic acids is 1. The van der Waals surface area contributed by atoms with E-state index < -0.39 is 5.97 Å². The fraction of sp³-hybridized carbons (Fsp3) is 0.308. The fourth-order valence-corrected chi connectivity index (χ4v) is 1.83. The number of carbonyl (C=O) groups is 1. The van der Waals surface area contributed by atoms with Crippen molar-refractivity contribution in [3.05, 3.63) is 30.0 Å². The number of benzene rings is 1.